The van der Waals surface area contributed by atoms with Crippen molar-refractivity contribution in [2.75, 3.05) is 0 Å². The maximum Gasteiger partial charge on any atom is 0.329 e. The minimum Gasteiger partial charge on any atom is -0.480 e. The summed E-state index contributed by atoms with van der Waals surface area (Å²) >= 11 is 0. The van der Waals surface area contributed by atoms with Crippen LogP contribution >= 0.6 is 0 Å². The van der Waals surface area contributed by atoms with Gasteiger partial charge >= 0.3 is 5.97 Å². The molecule has 4 nitrogen and oxygen atoms in total. The average Bonchev–Trinajstić information content (AvgIpc) is 2.82. The zero-order chi connectivity index (χ0) is 11.6. The summed E-state index contributed by atoms with van der Waals surface area (Å²) in [4.78, 5) is 22.6. The van der Waals surface area contributed by atoms with Gasteiger partial charge in [-0.3, -0.25) is 4.79 Å². The molecule has 0 bridgehead atoms. The second-order valence-corrected chi connectivity index (χ2v) is 4.93. The van der Waals surface area contributed by atoms with Crippen LogP contribution in [0.1, 0.15) is 40.0 Å². The number of amides is 1. The van der Waals surface area contributed by atoms with E-state index in [9.17, 15) is 9.59 Å². The van der Waals surface area contributed by atoms with Crippen LogP contribution in [0.25, 0.3) is 0 Å². The highest BCUT2D eigenvalue weighted by molar-refractivity contribution is 5.87. The first kappa shape index (κ1) is 12.0. The maximum absolute atomic E-state index is 11.5. The Morgan fingerprint density at radius 1 is 1.47 bits per heavy atom. The molecule has 1 unspecified atom stereocenters. The third kappa shape index (κ3) is 2.94. The van der Waals surface area contributed by atoms with Crippen LogP contribution in [0.5, 0.6) is 0 Å². The van der Waals surface area contributed by atoms with Crippen molar-refractivity contribution < 1.29 is 14.7 Å². The van der Waals surface area contributed by atoms with Gasteiger partial charge in [0.15, 0.2) is 0 Å². The van der Waals surface area contributed by atoms with Gasteiger partial charge in [0.05, 0.1) is 0 Å². The Morgan fingerprint density at radius 2 is 2.00 bits per heavy atom. The van der Waals surface area contributed by atoms with Crippen molar-refractivity contribution in [1.29, 1.82) is 0 Å². The van der Waals surface area contributed by atoms with Crippen molar-refractivity contribution in [2.45, 2.75) is 45.6 Å². The van der Waals surface area contributed by atoms with Gasteiger partial charge in [0.25, 0.3) is 0 Å². The van der Waals surface area contributed by atoms with Crippen molar-refractivity contribution >= 4 is 11.9 Å². The van der Waals surface area contributed by atoms with Gasteiger partial charge in [0.1, 0.15) is 5.54 Å². The molecule has 0 radical (unpaired) electrons. The standard InChI is InChI=1S/C11H19NO3/c1-7(2)6-9(13)12-11(3,10(14)15)8-4-5-8/h7-8H,4-6H2,1-3H3,(H,12,13)(H,14,15). The number of hydrogen-bond donors (Lipinski definition) is 2. The largest absolute Gasteiger partial charge is 0.480 e. The minimum atomic E-state index is -1.06. The number of carbonyl (C=O) groups excluding carboxylic acids is 1. The number of aliphatic carboxylic acids is 1. The summed E-state index contributed by atoms with van der Waals surface area (Å²) in [6.45, 7) is 5.48. The van der Waals surface area contributed by atoms with Crippen molar-refractivity contribution in [2.24, 2.45) is 11.8 Å². The van der Waals surface area contributed by atoms with Crippen LogP contribution in [0.4, 0.5) is 0 Å². The van der Waals surface area contributed by atoms with E-state index in [2.05, 4.69) is 5.32 Å². The molecule has 1 saturated carbocycles. The van der Waals surface area contributed by atoms with E-state index >= 15 is 0 Å². The van der Waals surface area contributed by atoms with Crippen LogP contribution in [0, 0.1) is 11.8 Å². The lowest BCUT2D eigenvalue weighted by Gasteiger charge is -2.26. The number of nitrogens with one attached hydrogen (secondary N) is 1. The molecule has 1 atom stereocenters. The summed E-state index contributed by atoms with van der Waals surface area (Å²) in [5.74, 6) is -0.739. The van der Waals surface area contributed by atoms with Gasteiger partial charge in [-0.1, -0.05) is 13.8 Å². The summed E-state index contributed by atoms with van der Waals surface area (Å²) in [6, 6.07) is 0. The molecule has 0 aromatic carbocycles. The predicted octanol–water partition coefficient (Wildman–Crippen LogP) is 1.40. The van der Waals surface area contributed by atoms with Crippen LogP contribution in [0.2, 0.25) is 0 Å². The molecule has 0 aromatic heterocycles. The van der Waals surface area contributed by atoms with Gasteiger partial charge in [0.2, 0.25) is 5.91 Å². The molecule has 1 fully saturated rings. The van der Waals surface area contributed by atoms with Crippen LogP contribution in [0.3, 0.4) is 0 Å². The first-order chi connectivity index (χ1) is 6.86. The predicted molar refractivity (Wildman–Crippen MR) is 56.4 cm³/mol. The fourth-order valence-electron chi connectivity index (χ4n) is 1.70. The fraction of sp³-hybridized carbons (Fsp3) is 0.818. The second kappa shape index (κ2) is 4.21. The molecule has 4 heteroatoms. The highest BCUT2D eigenvalue weighted by Gasteiger charge is 2.48. The molecule has 0 aliphatic heterocycles. The van der Waals surface area contributed by atoms with E-state index in [-0.39, 0.29) is 17.7 Å². The number of carboxylic acid groups (broad SMARTS) is 1. The molecule has 15 heavy (non-hydrogen) atoms. The van der Waals surface area contributed by atoms with E-state index in [0.29, 0.717) is 6.42 Å². The van der Waals surface area contributed by atoms with E-state index in [1.807, 2.05) is 13.8 Å². The molecule has 1 aliphatic carbocycles. The van der Waals surface area contributed by atoms with Gasteiger partial charge in [-0.25, -0.2) is 4.79 Å². The van der Waals surface area contributed by atoms with Gasteiger partial charge in [0, 0.05) is 6.42 Å². The lowest BCUT2D eigenvalue weighted by atomic mass is 9.95. The zero-order valence-corrected chi connectivity index (χ0v) is 9.54. The summed E-state index contributed by atoms with van der Waals surface area (Å²) in [5.41, 5.74) is -1.06. The SMILES string of the molecule is CC(C)CC(=O)NC(C)(C(=O)O)C1CC1. The van der Waals surface area contributed by atoms with Crippen LogP contribution < -0.4 is 5.32 Å². The molecular weight excluding hydrogens is 194 g/mol. The molecule has 1 aliphatic rings. The quantitative estimate of drug-likeness (QED) is 0.725. The fourth-order valence-corrected chi connectivity index (χ4v) is 1.70. The number of carboxylic acids is 1. The minimum absolute atomic E-state index is 0.103. The van der Waals surface area contributed by atoms with Crippen LogP contribution in [-0.4, -0.2) is 22.5 Å². The summed E-state index contributed by atoms with van der Waals surface area (Å²) in [6.07, 6.45) is 2.17. The molecular formula is C11H19NO3. The van der Waals surface area contributed by atoms with E-state index in [0.717, 1.165) is 12.8 Å². The maximum atomic E-state index is 11.5. The normalized spacial score (nSPS) is 19.7. The Balaban J connectivity index is 2.59. The van der Waals surface area contributed by atoms with Crippen LogP contribution in [0.15, 0.2) is 0 Å². The van der Waals surface area contributed by atoms with Gasteiger partial charge in [-0.2, -0.15) is 0 Å². The average molecular weight is 213 g/mol. The number of hydrogen-bond acceptors (Lipinski definition) is 2. The molecule has 86 valence electrons. The van der Waals surface area contributed by atoms with Gasteiger partial charge in [-0.15, -0.1) is 0 Å². The highest BCUT2D eigenvalue weighted by Crippen LogP contribution is 2.39. The third-order valence-electron chi connectivity index (χ3n) is 2.83. The molecule has 0 heterocycles. The van der Waals surface area contributed by atoms with Crippen molar-refractivity contribution in [3.8, 4) is 0 Å². The van der Waals surface area contributed by atoms with E-state index in [1.54, 1.807) is 6.92 Å². The van der Waals surface area contributed by atoms with E-state index in [4.69, 9.17) is 5.11 Å². The molecule has 2 N–H and O–H groups in total. The number of rotatable bonds is 5. The summed E-state index contributed by atoms with van der Waals surface area (Å²) in [7, 11) is 0. The lowest BCUT2D eigenvalue weighted by molar-refractivity contribution is -0.148. The highest BCUT2D eigenvalue weighted by atomic mass is 16.4. The third-order valence-corrected chi connectivity index (χ3v) is 2.83. The smallest absolute Gasteiger partial charge is 0.329 e. The summed E-state index contributed by atoms with van der Waals surface area (Å²) < 4.78 is 0. The zero-order valence-electron chi connectivity index (χ0n) is 9.54. The molecule has 0 spiro atoms. The van der Waals surface area contributed by atoms with Crippen molar-refractivity contribution in [3.05, 3.63) is 0 Å². The van der Waals surface area contributed by atoms with Gasteiger partial charge in [-0.05, 0) is 31.6 Å². The van der Waals surface area contributed by atoms with Crippen LogP contribution in [-0.2, 0) is 9.59 Å². The van der Waals surface area contributed by atoms with E-state index in [1.165, 1.54) is 0 Å². The Labute approximate surface area is 90.0 Å². The van der Waals surface area contributed by atoms with Gasteiger partial charge < -0.3 is 10.4 Å². The molecule has 1 amide bonds. The van der Waals surface area contributed by atoms with Crippen molar-refractivity contribution in [3.63, 3.8) is 0 Å². The molecule has 0 aromatic rings. The Morgan fingerprint density at radius 3 is 2.33 bits per heavy atom. The monoisotopic (exact) mass is 213 g/mol. The Kier molecular flexibility index (Phi) is 3.37. The topological polar surface area (TPSA) is 66.4 Å². The Hall–Kier alpha value is -1.06. The number of carbonyl (C=O) groups is 2. The first-order valence-corrected chi connectivity index (χ1v) is 5.40. The first-order valence-electron chi connectivity index (χ1n) is 5.40. The summed E-state index contributed by atoms with van der Waals surface area (Å²) in [5, 5.41) is 11.8. The Bertz CT molecular complexity index is 271. The molecule has 0 saturated heterocycles. The van der Waals surface area contributed by atoms with Crippen molar-refractivity contribution in [1.82, 2.24) is 5.32 Å². The van der Waals surface area contributed by atoms with E-state index < -0.39 is 11.5 Å². The lowest BCUT2D eigenvalue weighted by Crippen LogP contribution is -2.54. The second-order valence-electron chi connectivity index (χ2n) is 4.93. The molecule has 1 rings (SSSR count).